The first-order chi connectivity index (χ1) is 17.0. The van der Waals surface area contributed by atoms with Crippen LogP contribution < -0.4 is 11.1 Å². The second-order valence-electron chi connectivity index (χ2n) is 7.93. The number of fused-ring (bicyclic) bond motifs is 1. The number of hydrogen-bond acceptors (Lipinski definition) is 7. The highest BCUT2D eigenvalue weighted by molar-refractivity contribution is 7.17. The highest BCUT2D eigenvalue weighted by atomic mass is 32.1. The van der Waals surface area contributed by atoms with Crippen LogP contribution >= 0.6 is 11.3 Å². The van der Waals surface area contributed by atoms with Crippen molar-refractivity contribution >= 4 is 33.3 Å². The standard InChI is InChI=1S/C26H21N7OS/c1-16(31-25(34)23-24(27)29-11-10-28-23)22-20(18-6-4-3-5-7-18)12-21-19(15-35-26(21)32-22)9-8-17-13-30-33(2)14-17/h3-7,10-16H,1-2H3,(H2,27,29)(H,31,34)/t16-/m1/s1. The van der Waals surface area contributed by atoms with Gasteiger partial charge in [-0.1, -0.05) is 42.2 Å². The predicted octanol–water partition coefficient (Wildman–Crippen LogP) is 3.96. The van der Waals surface area contributed by atoms with Crippen molar-refractivity contribution in [2.24, 2.45) is 7.05 Å². The summed E-state index contributed by atoms with van der Waals surface area (Å²) in [6.45, 7) is 1.89. The minimum atomic E-state index is -0.407. The summed E-state index contributed by atoms with van der Waals surface area (Å²) < 4.78 is 1.72. The molecule has 8 nitrogen and oxygen atoms in total. The third-order valence-corrected chi connectivity index (χ3v) is 6.31. The van der Waals surface area contributed by atoms with E-state index in [0.717, 1.165) is 38.2 Å². The largest absolute Gasteiger partial charge is 0.382 e. The van der Waals surface area contributed by atoms with E-state index in [1.165, 1.54) is 23.7 Å². The number of pyridine rings is 1. The Morgan fingerprint density at radius 1 is 1.17 bits per heavy atom. The van der Waals surface area contributed by atoms with Crippen LogP contribution in [0.15, 0.2) is 66.6 Å². The molecular formula is C26H21N7OS. The Morgan fingerprint density at radius 3 is 2.71 bits per heavy atom. The van der Waals surface area contributed by atoms with Gasteiger partial charge in [0.05, 0.1) is 23.5 Å². The average molecular weight is 480 g/mol. The SMILES string of the molecule is C[C@@H](NC(=O)c1nccnc1N)c1nc2scc(C#Cc3cnn(C)c3)c2cc1-c1ccccc1. The number of nitrogens with two attached hydrogens (primary N) is 1. The van der Waals surface area contributed by atoms with E-state index in [9.17, 15) is 4.79 Å². The van der Waals surface area contributed by atoms with E-state index < -0.39 is 11.9 Å². The molecule has 1 amide bonds. The molecule has 3 N–H and O–H groups in total. The molecule has 9 heteroatoms. The highest BCUT2D eigenvalue weighted by Gasteiger charge is 2.21. The summed E-state index contributed by atoms with van der Waals surface area (Å²) in [6.07, 6.45) is 6.50. The van der Waals surface area contributed by atoms with Gasteiger partial charge in [-0.15, -0.1) is 11.3 Å². The Bertz CT molecular complexity index is 1590. The average Bonchev–Trinajstić information content (AvgIpc) is 3.47. The second kappa shape index (κ2) is 9.37. The summed E-state index contributed by atoms with van der Waals surface area (Å²) >= 11 is 1.52. The van der Waals surface area contributed by atoms with E-state index in [-0.39, 0.29) is 11.5 Å². The van der Waals surface area contributed by atoms with Gasteiger partial charge in [0, 0.05) is 47.5 Å². The number of carbonyl (C=O) groups excluding carboxylic acids is 1. The molecule has 0 saturated heterocycles. The number of nitrogens with zero attached hydrogens (tertiary/aromatic N) is 5. The fourth-order valence-electron chi connectivity index (χ4n) is 3.73. The molecule has 0 aliphatic heterocycles. The van der Waals surface area contributed by atoms with Crippen molar-refractivity contribution in [3.05, 3.63) is 89.1 Å². The molecule has 0 aliphatic carbocycles. The maximum atomic E-state index is 12.8. The third kappa shape index (κ3) is 4.60. The summed E-state index contributed by atoms with van der Waals surface area (Å²) in [5.74, 6) is 6.10. The lowest BCUT2D eigenvalue weighted by Gasteiger charge is -2.18. The van der Waals surface area contributed by atoms with E-state index in [1.54, 1.807) is 10.9 Å². The van der Waals surface area contributed by atoms with Crippen molar-refractivity contribution < 1.29 is 4.79 Å². The number of amides is 1. The van der Waals surface area contributed by atoms with Crippen molar-refractivity contribution in [1.82, 2.24) is 30.0 Å². The molecule has 5 aromatic rings. The van der Waals surface area contributed by atoms with Gasteiger partial charge in [0.2, 0.25) is 0 Å². The summed E-state index contributed by atoms with van der Waals surface area (Å²) in [7, 11) is 1.86. The zero-order valence-corrected chi connectivity index (χ0v) is 19.9. The molecule has 35 heavy (non-hydrogen) atoms. The molecule has 0 radical (unpaired) electrons. The molecule has 4 aromatic heterocycles. The van der Waals surface area contributed by atoms with E-state index >= 15 is 0 Å². The molecule has 1 atom stereocenters. The number of nitrogen functional groups attached to an aromatic ring is 1. The molecule has 0 spiro atoms. The number of thiophene rings is 1. The van der Waals surface area contributed by atoms with Gasteiger partial charge in [-0.25, -0.2) is 15.0 Å². The Morgan fingerprint density at radius 2 is 1.97 bits per heavy atom. The molecule has 5 rings (SSSR count). The van der Waals surface area contributed by atoms with Crippen LogP contribution in [0.1, 0.15) is 40.3 Å². The van der Waals surface area contributed by atoms with Gasteiger partial charge in [0.15, 0.2) is 11.5 Å². The number of hydrogen-bond donors (Lipinski definition) is 2. The van der Waals surface area contributed by atoms with Gasteiger partial charge >= 0.3 is 0 Å². The van der Waals surface area contributed by atoms with Crippen molar-refractivity contribution in [1.29, 1.82) is 0 Å². The van der Waals surface area contributed by atoms with Gasteiger partial charge in [-0.2, -0.15) is 5.10 Å². The van der Waals surface area contributed by atoms with Gasteiger partial charge < -0.3 is 11.1 Å². The van der Waals surface area contributed by atoms with Crippen LogP contribution in [0.2, 0.25) is 0 Å². The van der Waals surface area contributed by atoms with Crippen LogP contribution in [0.25, 0.3) is 21.3 Å². The molecule has 1 aromatic carbocycles. The van der Waals surface area contributed by atoms with E-state index in [4.69, 9.17) is 10.7 Å². The lowest BCUT2D eigenvalue weighted by atomic mass is 9.98. The number of aromatic nitrogens is 5. The molecule has 0 unspecified atom stereocenters. The highest BCUT2D eigenvalue weighted by Crippen LogP contribution is 2.34. The van der Waals surface area contributed by atoms with Crippen molar-refractivity contribution in [2.45, 2.75) is 13.0 Å². The lowest BCUT2D eigenvalue weighted by Crippen LogP contribution is -2.29. The van der Waals surface area contributed by atoms with Crippen molar-refractivity contribution in [3.8, 4) is 23.0 Å². The van der Waals surface area contributed by atoms with Crippen LogP contribution in [-0.4, -0.2) is 30.6 Å². The zero-order valence-electron chi connectivity index (χ0n) is 19.1. The molecule has 0 aliphatic rings. The predicted molar refractivity (Wildman–Crippen MR) is 137 cm³/mol. The summed E-state index contributed by atoms with van der Waals surface area (Å²) in [6, 6.07) is 11.6. The summed E-state index contributed by atoms with van der Waals surface area (Å²) in [4.78, 5) is 26.7. The molecule has 0 fully saturated rings. The zero-order chi connectivity index (χ0) is 24.4. The van der Waals surface area contributed by atoms with Gasteiger partial charge in [0.25, 0.3) is 5.91 Å². The Hall–Kier alpha value is -4.55. The summed E-state index contributed by atoms with van der Waals surface area (Å²) in [5, 5.41) is 10.1. The van der Waals surface area contributed by atoms with E-state index in [0.29, 0.717) is 0 Å². The first kappa shape index (κ1) is 22.3. The number of benzene rings is 1. The maximum absolute atomic E-state index is 12.8. The fourth-order valence-corrected chi connectivity index (χ4v) is 4.59. The molecule has 0 saturated carbocycles. The second-order valence-corrected chi connectivity index (χ2v) is 8.79. The van der Waals surface area contributed by atoms with Crippen LogP contribution in [0, 0.1) is 11.8 Å². The number of carbonyl (C=O) groups is 1. The third-order valence-electron chi connectivity index (χ3n) is 5.43. The minimum absolute atomic E-state index is 0.0824. The first-order valence-corrected chi connectivity index (χ1v) is 11.7. The van der Waals surface area contributed by atoms with Crippen LogP contribution in [0.5, 0.6) is 0 Å². The topological polar surface area (TPSA) is 112 Å². The summed E-state index contributed by atoms with van der Waals surface area (Å²) in [5.41, 5.74) is 10.3. The van der Waals surface area contributed by atoms with Gasteiger partial charge in [0.1, 0.15) is 4.83 Å². The smallest absolute Gasteiger partial charge is 0.274 e. The monoisotopic (exact) mass is 479 g/mol. The normalized spacial score (nSPS) is 11.6. The Kier molecular flexibility index (Phi) is 5.95. The molecule has 0 bridgehead atoms. The first-order valence-electron chi connectivity index (χ1n) is 10.8. The quantitative estimate of drug-likeness (QED) is 0.378. The van der Waals surface area contributed by atoms with Gasteiger partial charge in [-0.3, -0.25) is 9.48 Å². The molecule has 4 heterocycles. The van der Waals surface area contributed by atoms with Crippen molar-refractivity contribution in [2.75, 3.05) is 5.73 Å². The van der Waals surface area contributed by atoms with Gasteiger partial charge in [-0.05, 0) is 18.6 Å². The number of aryl methyl sites for hydroxylation is 1. The lowest BCUT2D eigenvalue weighted by molar-refractivity contribution is 0.0935. The van der Waals surface area contributed by atoms with Crippen LogP contribution in [0.4, 0.5) is 5.82 Å². The number of anilines is 1. The van der Waals surface area contributed by atoms with E-state index in [2.05, 4.69) is 38.3 Å². The van der Waals surface area contributed by atoms with E-state index in [1.807, 2.05) is 55.9 Å². The molecular weight excluding hydrogens is 458 g/mol. The fraction of sp³-hybridized carbons (Fsp3) is 0.115. The Labute approximate surface area is 205 Å². The number of rotatable bonds is 4. The minimum Gasteiger partial charge on any atom is -0.382 e. The Balaban J connectivity index is 1.56. The van der Waals surface area contributed by atoms with Crippen LogP contribution in [0.3, 0.4) is 0 Å². The van der Waals surface area contributed by atoms with Crippen LogP contribution in [-0.2, 0) is 7.05 Å². The van der Waals surface area contributed by atoms with Crippen molar-refractivity contribution in [3.63, 3.8) is 0 Å². The number of nitrogens with one attached hydrogen (secondary N) is 1. The molecule has 172 valence electrons. The maximum Gasteiger partial charge on any atom is 0.274 e.